The van der Waals surface area contributed by atoms with E-state index in [1.54, 1.807) is 22.9 Å². The molecular weight excluding hydrogens is 716 g/mol. The van der Waals surface area contributed by atoms with Crippen LogP contribution in [0.1, 0.15) is 49.9 Å². The summed E-state index contributed by atoms with van der Waals surface area (Å²) in [6.45, 7) is 9.24. The summed E-state index contributed by atoms with van der Waals surface area (Å²) < 4.78 is 1.59. The summed E-state index contributed by atoms with van der Waals surface area (Å²) in [4.78, 5) is 15.5. The molecule has 0 saturated heterocycles. The van der Waals surface area contributed by atoms with E-state index in [9.17, 15) is 5.11 Å². The molecular formula is C53H41LiN4O. The minimum Gasteiger partial charge on any atom is -0.877 e. The SMILES string of the molecule is CC1(C)c2ccccc2-c2ccc(-c3nc(-c4ccc5c(c4)C(C)(C)c4ccccc4-5)nc(-c4ccc5ccccc5c4)n3)cc21.[CH2-][n+]1cccc2cccc([O-])c21.[Li+]. The van der Waals surface area contributed by atoms with Crippen LogP contribution in [0.25, 0.3) is 78.1 Å². The van der Waals surface area contributed by atoms with Gasteiger partial charge in [-0.2, -0.15) is 0 Å². The smallest absolute Gasteiger partial charge is 0.877 e. The van der Waals surface area contributed by atoms with E-state index in [1.807, 2.05) is 18.2 Å². The Balaban J connectivity index is 0.000000297. The molecule has 2 heterocycles. The minimum absolute atomic E-state index is 0. The van der Waals surface area contributed by atoms with E-state index in [0.717, 1.165) is 27.5 Å². The van der Waals surface area contributed by atoms with Crippen molar-refractivity contribution in [2.24, 2.45) is 0 Å². The van der Waals surface area contributed by atoms with E-state index >= 15 is 0 Å². The van der Waals surface area contributed by atoms with Gasteiger partial charge in [-0.3, -0.25) is 0 Å². The van der Waals surface area contributed by atoms with Crippen LogP contribution < -0.4 is 28.5 Å². The zero-order valence-electron chi connectivity index (χ0n) is 34.0. The molecule has 5 nitrogen and oxygen atoms in total. The first-order valence-corrected chi connectivity index (χ1v) is 19.7. The van der Waals surface area contributed by atoms with Gasteiger partial charge in [-0.15, -0.1) is 0 Å². The van der Waals surface area contributed by atoms with Gasteiger partial charge >= 0.3 is 18.9 Å². The molecule has 280 valence electrons. The van der Waals surface area contributed by atoms with Gasteiger partial charge in [0.15, 0.2) is 17.5 Å². The van der Waals surface area contributed by atoms with Gasteiger partial charge in [0.05, 0.1) is 6.20 Å². The van der Waals surface area contributed by atoms with Crippen molar-refractivity contribution in [3.8, 4) is 62.2 Å². The molecule has 6 heteroatoms. The van der Waals surface area contributed by atoms with Crippen LogP contribution in [0.5, 0.6) is 5.75 Å². The van der Waals surface area contributed by atoms with Crippen molar-refractivity contribution in [2.45, 2.75) is 38.5 Å². The Labute approximate surface area is 357 Å². The van der Waals surface area contributed by atoms with Gasteiger partial charge in [0.2, 0.25) is 0 Å². The maximum Gasteiger partial charge on any atom is 1.00 e. The zero-order chi connectivity index (χ0) is 39.8. The summed E-state index contributed by atoms with van der Waals surface area (Å²) in [6.07, 6.45) is 1.77. The second-order valence-corrected chi connectivity index (χ2v) is 16.4. The van der Waals surface area contributed by atoms with Crippen molar-refractivity contribution in [1.29, 1.82) is 0 Å². The third-order valence-electron chi connectivity index (χ3n) is 12.2. The Morgan fingerprint density at radius 1 is 0.441 bits per heavy atom. The van der Waals surface area contributed by atoms with Gasteiger partial charge in [-0.05, 0) is 78.9 Å². The van der Waals surface area contributed by atoms with Crippen LogP contribution in [-0.4, -0.2) is 15.0 Å². The van der Waals surface area contributed by atoms with E-state index < -0.39 is 0 Å². The Kier molecular flexibility index (Phi) is 9.28. The molecule has 0 amide bonds. The van der Waals surface area contributed by atoms with Crippen LogP contribution >= 0.6 is 0 Å². The second-order valence-electron chi connectivity index (χ2n) is 16.4. The number of rotatable bonds is 3. The molecule has 2 aromatic heterocycles. The van der Waals surface area contributed by atoms with E-state index in [2.05, 4.69) is 162 Å². The molecule has 0 radical (unpaired) electrons. The third-order valence-corrected chi connectivity index (χ3v) is 12.2. The van der Waals surface area contributed by atoms with Crippen molar-refractivity contribution in [3.63, 3.8) is 0 Å². The molecule has 2 aliphatic carbocycles. The van der Waals surface area contributed by atoms with E-state index in [0.29, 0.717) is 23.0 Å². The Morgan fingerprint density at radius 2 is 0.881 bits per heavy atom. The topological polar surface area (TPSA) is 65.6 Å². The van der Waals surface area contributed by atoms with Gasteiger partial charge in [0.25, 0.3) is 0 Å². The molecule has 0 unspecified atom stereocenters. The molecule has 0 spiro atoms. The van der Waals surface area contributed by atoms with Crippen molar-refractivity contribution in [3.05, 3.63) is 193 Å². The van der Waals surface area contributed by atoms with Gasteiger partial charge in [-0.1, -0.05) is 173 Å². The number of para-hydroxylation sites is 1. The molecule has 0 saturated carbocycles. The summed E-state index contributed by atoms with van der Waals surface area (Å²) in [5, 5.41) is 14.6. The number of hydrogen-bond donors (Lipinski definition) is 0. The maximum absolute atomic E-state index is 11.3. The molecule has 9 aromatic rings. The number of aromatic nitrogens is 4. The van der Waals surface area contributed by atoms with E-state index in [1.165, 1.54) is 49.9 Å². The van der Waals surface area contributed by atoms with Gasteiger partial charge < -0.3 is 9.67 Å². The fraction of sp³-hybridized carbons (Fsp3) is 0.113. The third kappa shape index (κ3) is 6.30. The van der Waals surface area contributed by atoms with Crippen molar-refractivity contribution in [2.75, 3.05) is 0 Å². The zero-order valence-corrected chi connectivity index (χ0v) is 34.0. The molecule has 0 atom stereocenters. The molecule has 0 aliphatic heterocycles. The number of fused-ring (bicyclic) bond motifs is 8. The quantitative estimate of drug-likeness (QED) is 0.103. The van der Waals surface area contributed by atoms with Crippen LogP contribution in [0.4, 0.5) is 0 Å². The van der Waals surface area contributed by atoms with Crippen LogP contribution in [0, 0.1) is 7.05 Å². The summed E-state index contributed by atoms with van der Waals surface area (Å²) in [7, 11) is 3.73. The van der Waals surface area contributed by atoms with Gasteiger partial charge in [0.1, 0.15) is 5.52 Å². The minimum atomic E-state index is -0.112. The largest absolute Gasteiger partial charge is 1.00 e. The first kappa shape index (κ1) is 38.0. The average molecular weight is 757 g/mol. The summed E-state index contributed by atoms with van der Waals surface area (Å²) in [5.41, 5.74) is 13.9. The van der Waals surface area contributed by atoms with Crippen molar-refractivity contribution in [1.82, 2.24) is 15.0 Å². The standard InChI is InChI=1S/C43H33N3.C10H9NO.Li/c1-42(2)35-15-9-7-13-31(35)33-21-19-29(24-37(33)42)40-44-39(28-18-17-26-11-5-6-12-27(26)23-28)45-41(46-40)30-20-22-34-32-14-8-10-16-36(32)43(3,4)38(34)25-30;1-11-7-3-5-8-4-2-6-9(12)10(8)11;/h5-25H,1-4H3;2-7,12H,1H2;/q;;+1/p-1. The Morgan fingerprint density at radius 3 is 1.44 bits per heavy atom. The van der Waals surface area contributed by atoms with E-state index in [-0.39, 0.29) is 35.4 Å². The summed E-state index contributed by atoms with van der Waals surface area (Å²) >= 11 is 0. The van der Waals surface area contributed by atoms with Crippen molar-refractivity contribution < 1.29 is 28.5 Å². The molecule has 0 fully saturated rings. The number of pyridine rings is 1. The van der Waals surface area contributed by atoms with Gasteiger partial charge in [0, 0.05) is 34.6 Å². The molecule has 2 aliphatic rings. The fourth-order valence-electron chi connectivity index (χ4n) is 9.08. The monoisotopic (exact) mass is 756 g/mol. The summed E-state index contributed by atoms with van der Waals surface area (Å²) in [6, 6.07) is 54.8. The van der Waals surface area contributed by atoms with Crippen LogP contribution in [0.2, 0.25) is 0 Å². The van der Waals surface area contributed by atoms with Crippen LogP contribution in [-0.2, 0) is 10.8 Å². The average Bonchev–Trinajstić information content (AvgIpc) is 3.62. The fourth-order valence-corrected chi connectivity index (χ4v) is 9.08. The predicted octanol–water partition coefficient (Wildman–Crippen LogP) is 8.48. The second kappa shape index (κ2) is 14.4. The van der Waals surface area contributed by atoms with Crippen molar-refractivity contribution >= 4 is 21.7 Å². The summed E-state index contributed by atoms with van der Waals surface area (Å²) in [5.74, 6) is 2.07. The molecule has 11 rings (SSSR count). The first-order valence-electron chi connectivity index (χ1n) is 19.7. The molecule has 7 aromatic carbocycles. The van der Waals surface area contributed by atoms with Crippen LogP contribution in [0.15, 0.2) is 164 Å². The van der Waals surface area contributed by atoms with Gasteiger partial charge in [-0.25, -0.2) is 15.0 Å². The predicted molar refractivity (Wildman–Crippen MR) is 233 cm³/mol. The molecule has 59 heavy (non-hydrogen) atoms. The maximum atomic E-state index is 11.3. The number of benzene rings is 7. The Hall–Kier alpha value is -6.51. The molecule has 0 bridgehead atoms. The normalized spacial score (nSPS) is 13.7. The van der Waals surface area contributed by atoms with Crippen LogP contribution in [0.3, 0.4) is 0 Å². The van der Waals surface area contributed by atoms with E-state index in [4.69, 9.17) is 15.0 Å². The Bertz CT molecular complexity index is 2950. The number of hydrogen-bond acceptors (Lipinski definition) is 4. The first-order chi connectivity index (χ1) is 28.1. The molecule has 0 N–H and O–H groups in total. The number of nitrogens with zero attached hydrogens (tertiary/aromatic N) is 4.